The van der Waals surface area contributed by atoms with Crippen LogP contribution in [0.25, 0.3) is 0 Å². The molecule has 0 radical (unpaired) electrons. The SMILES string of the molecule is CC(C)c1c(COC(N)=O)cn(Cc2ccncc2)c1Sc1cc(Cl)cc(Cl)c1. The molecule has 152 valence electrons. The zero-order valence-corrected chi connectivity index (χ0v) is 18.4. The summed E-state index contributed by atoms with van der Waals surface area (Å²) in [5.74, 6) is 0.206. The van der Waals surface area contributed by atoms with Gasteiger partial charge in [-0.1, -0.05) is 48.8 Å². The lowest BCUT2D eigenvalue weighted by Crippen LogP contribution is -2.13. The second kappa shape index (κ2) is 9.57. The third kappa shape index (κ3) is 5.69. The van der Waals surface area contributed by atoms with Crippen LogP contribution < -0.4 is 5.73 Å². The Morgan fingerprint density at radius 2 is 1.86 bits per heavy atom. The van der Waals surface area contributed by atoms with Crippen molar-refractivity contribution in [1.82, 2.24) is 9.55 Å². The minimum Gasteiger partial charge on any atom is -0.445 e. The quantitative estimate of drug-likeness (QED) is 0.472. The van der Waals surface area contributed by atoms with Crippen molar-refractivity contribution >= 4 is 41.1 Å². The number of hydrogen-bond donors (Lipinski definition) is 1. The molecular formula is C21H21Cl2N3O2S. The molecule has 1 aromatic carbocycles. The maximum absolute atomic E-state index is 11.2. The first-order valence-corrected chi connectivity index (χ1v) is 10.6. The number of primary amides is 1. The molecule has 5 nitrogen and oxygen atoms in total. The van der Waals surface area contributed by atoms with Crippen LogP contribution in [0.15, 0.2) is 58.8 Å². The van der Waals surface area contributed by atoms with E-state index >= 15 is 0 Å². The lowest BCUT2D eigenvalue weighted by Gasteiger charge is -2.14. The number of amides is 1. The van der Waals surface area contributed by atoms with Crippen molar-refractivity contribution in [1.29, 1.82) is 0 Å². The number of halogens is 2. The topological polar surface area (TPSA) is 70.1 Å². The molecule has 2 aromatic heterocycles. The first kappa shape index (κ1) is 21.6. The number of pyridine rings is 1. The van der Waals surface area contributed by atoms with Gasteiger partial charge in [-0.2, -0.15) is 0 Å². The fourth-order valence-corrected chi connectivity index (χ4v) is 5.07. The predicted octanol–water partition coefficient (Wildman–Crippen LogP) is 6.11. The van der Waals surface area contributed by atoms with Crippen molar-refractivity contribution in [3.63, 3.8) is 0 Å². The molecule has 3 rings (SSSR count). The number of nitrogens with two attached hydrogens (primary N) is 1. The molecule has 0 spiro atoms. The van der Waals surface area contributed by atoms with Gasteiger partial charge in [0.25, 0.3) is 0 Å². The van der Waals surface area contributed by atoms with Gasteiger partial charge in [-0.15, -0.1) is 0 Å². The van der Waals surface area contributed by atoms with E-state index in [0.29, 0.717) is 16.6 Å². The van der Waals surface area contributed by atoms with Gasteiger partial charge in [0.15, 0.2) is 0 Å². The fourth-order valence-electron chi connectivity index (χ4n) is 3.11. The van der Waals surface area contributed by atoms with Gasteiger partial charge in [-0.3, -0.25) is 4.98 Å². The summed E-state index contributed by atoms with van der Waals surface area (Å²) in [5.41, 5.74) is 8.31. The van der Waals surface area contributed by atoms with Crippen LogP contribution >= 0.6 is 35.0 Å². The Balaban J connectivity index is 2.06. The van der Waals surface area contributed by atoms with E-state index in [1.54, 1.807) is 30.2 Å². The standard InChI is InChI=1S/C21H21Cl2N3O2S/c1-13(2)19-15(12-28-21(24)27)11-26(10-14-3-5-25-6-4-14)20(19)29-18-8-16(22)7-17(23)9-18/h3-9,11,13H,10,12H2,1-2H3,(H2,24,27). The van der Waals surface area contributed by atoms with Crippen LogP contribution in [0, 0.1) is 0 Å². The van der Waals surface area contributed by atoms with Crippen molar-refractivity contribution in [2.45, 2.75) is 42.8 Å². The summed E-state index contributed by atoms with van der Waals surface area (Å²) in [6.07, 6.45) is 4.75. The number of benzene rings is 1. The van der Waals surface area contributed by atoms with Crippen molar-refractivity contribution in [3.8, 4) is 0 Å². The first-order chi connectivity index (χ1) is 13.8. The molecule has 29 heavy (non-hydrogen) atoms. The maximum Gasteiger partial charge on any atom is 0.404 e. The highest BCUT2D eigenvalue weighted by molar-refractivity contribution is 7.99. The monoisotopic (exact) mass is 449 g/mol. The summed E-state index contributed by atoms with van der Waals surface area (Å²) in [7, 11) is 0. The van der Waals surface area contributed by atoms with Crippen molar-refractivity contribution in [2.75, 3.05) is 0 Å². The highest BCUT2D eigenvalue weighted by Gasteiger charge is 2.21. The minimum atomic E-state index is -0.794. The van der Waals surface area contributed by atoms with Crippen molar-refractivity contribution in [3.05, 3.63) is 75.7 Å². The Morgan fingerprint density at radius 1 is 1.21 bits per heavy atom. The second-order valence-corrected chi connectivity index (χ2v) is 8.76. The largest absolute Gasteiger partial charge is 0.445 e. The molecule has 8 heteroatoms. The smallest absolute Gasteiger partial charge is 0.404 e. The number of aromatic nitrogens is 2. The summed E-state index contributed by atoms with van der Waals surface area (Å²) in [6, 6.07) is 9.41. The van der Waals surface area contributed by atoms with Crippen LogP contribution in [0.1, 0.15) is 36.5 Å². The molecule has 1 amide bonds. The van der Waals surface area contributed by atoms with E-state index in [1.807, 2.05) is 30.5 Å². The van der Waals surface area contributed by atoms with E-state index in [4.69, 9.17) is 33.7 Å². The summed E-state index contributed by atoms with van der Waals surface area (Å²) in [5, 5.41) is 2.20. The molecule has 2 N–H and O–H groups in total. The molecule has 0 aliphatic carbocycles. The fraction of sp³-hybridized carbons (Fsp3) is 0.238. The zero-order chi connectivity index (χ0) is 21.0. The average Bonchev–Trinajstić information content (AvgIpc) is 2.97. The van der Waals surface area contributed by atoms with Crippen LogP contribution in [0.2, 0.25) is 10.0 Å². The third-order valence-corrected chi connectivity index (χ3v) is 5.80. The summed E-state index contributed by atoms with van der Waals surface area (Å²) in [6.45, 7) is 4.98. The number of rotatable bonds is 7. The molecule has 0 aliphatic rings. The van der Waals surface area contributed by atoms with E-state index in [9.17, 15) is 4.79 Å². The number of hydrogen-bond acceptors (Lipinski definition) is 4. The Morgan fingerprint density at radius 3 is 2.45 bits per heavy atom. The van der Waals surface area contributed by atoms with Gasteiger partial charge in [0.05, 0.1) is 5.03 Å². The van der Waals surface area contributed by atoms with Crippen LogP contribution in [0.4, 0.5) is 4.79 Å². The van der Waals surface area contributed by atoms with Gasteiger partial charge < -0.3 is 15.0 Å². The highest BCUT2D eigenvalue weighted by Crippen LogP contribution is 2.39. The van der Waals surface area contributed by atoms with Gasteiger partial charge in [-0.25, -0.2) is 4.79 Å². The lowest BCUT2D eigenvalue weighted by molar-refractivity contribution is 0.150. The molecule has 0 saturated carbocycles. The molecule has 2 heterocycles. The number of carbonyl (C=O) groups excluding carboxylic acids is 1. The lowest BCUT2D eigenvalue weighted by atomic mass is 10.0. The van der Waals surface area contributed by atoms with Gasteiger partial charge >= 0.3 is 6.09 Å². The number of ether oxygens (including phenoxy) is 1. The van der Waals surface area contributed by atoms with E-state index in [1.165, 1.54) is 0 Å². The van der Waals surface area contributed by atoms with Crippen LogP contribution in [-0.2, 0) is 17.9 Å². The first-order valence-electron chi connectivity index (χ1n) is 9.00. The predicted molar refractivity (Wildman–Crippen MR) is 117 cm³/mol. The van der Waals surface area contributed by atoms with Crippen molar-refractivity contribution < 1.29 is 9.53 Å². The average molecular weight is 450 g/mol. The Kier molecular flexibility index (Phi) is 7.11. The zero-order valence-electron chi connectivity index (χ0n) is 16.1. The van der Waals surface area contributed by atoms with Gasteiger partial charge in [-0.05, 0) is 47.4 Å². The van der Waals surface area contributed by atoms with E-state index in [0.717, 1.165) is 26.6 Å². The molecule has 0 saturated heterocycles. The molecular weight excluding hydrogens is 429 g/mol. The van der Waals surface area contributed by atoms with Gasteiger partial charge in [0.2, 0.25) is 0 Å². The van der Waals surface area contributed by atoms with Gasteiger partial charge in [0, 0.05) is 45.6 Å². The minimum absolute atomic E-state index is 0.121. The molecule has 0 bridgehead atoms. The summed E-state index contributed by atoms with van der Waals surface area (Å²) in [4.78, 5) is 16.2. The summed E-state index contributed by atoms with van der Waals surface area (Å²) < 4.78 is 7.23. The highest BCUT2D eigenvalue weighted by atomic mass is 35.5. The molecule has 0 unspecified atom stereocenters. The molecule has 0 aliphatic heterocycles. The van der Waals surface area contributed by atoms with E-state index in [2.05, 4.69) is 23.4 Å². The third-order valence-electron chi connectivity index (χ3n) is 4.25. The van der Waals surface area contributed by atoms with Crippen molar-refractivity contribution in [2.24, 2.45) is 5.73 Å². The Labute approximate surface area is 184 Å². The number of nitrogens with zero attached hydrogens (tertiary/aromatic N) is 2. The van der Waals surface area contributed by atoms with Gasteiger partial charge in [0.1, 0.15) is 6.61 Å². The van der Waals surface area contributed by atoms with Crippen LogP contribution in [0.5, 0.6) is 0 Å². The Hall–Kier alpha value is -2.15. The van der Waals surface area contributed by atoms with E-state index < -0.39 is 6.09 Å². The maximum atomic E-state index is 11.2. The Bertz CT molecular complexity index is 986. The number of carbonyl (C=O) groups is 1. The normalized spacial score (nSPS) is 11.1. The molecule has 0 atom stereocenters. The van der Waals surface area contributed by atoms with Crippen LogP contribution in [-0.4, -0.2) is 15.6 Å². The second-order valence-electron chi connectivity index (χ2n) is 6.83. The molecule has 0 fully saturated rings. The molecule has 3 aromatic rings. The van der Waals surface area contributed by atoms with Crippen LogP contribution in [0.3, 0.4) is 0 Å². The van der Waals surface area contributed by atoms with E-state index in [-0.39, 0.29) is 12.5 Å². The summed E-state index contributed by atoms with van der Waals surface area (Å²) >= 11 is 14.0.